The maximum atomic E-state index is 13.7. The number of aliphatic hydroxyl groups is 1. The molecule has 3 aromatic carbocycles. The predicted molar refractivity (Wildman–Crippen MR) is 181 cm³/mol. The molecule has 1 aromatic heterocycles. The van der Waals surface area contributed by atoms with Crippen LogP contribution in [0.15, 0.2) is 82.7 Å². The fraction of sp³-hybridized carbons (Fsp3) is 0.314. The van der Waals surface area contributed by atoms with Gasteiger partial charge in [-0.15, -0.1) is 10.2 Å². The zero-order chi connectivity index (χ0) is 32.6. The van der Waals surface area contributed by atoms with Crippen molar-refractivity contribution in [1.29, 1.82) is 0 Å². The molecule has 5 rings (SSSR count). The van der Waals surface area contributed by atoms with Gasteiger partial charge in [0.15, 0.2) is 15.8 Å². The Bertz CT molecular complexity index is 1690. The maximum absolute atomic E-state index is 13.7. The van der Waals surface area contributed by atoms with E-state index in [1.165, 1.54) is 35.1 Å². The molecule has 46 heavy (non-hydrogen) atoms. The minimum absolute atomic E-state index is 0.0588. The molecule has 0 radical (unpaired) electrons. The average molecular weight is 660 g/mol. The van der Waals surface area contributed by atoms with E-state index >= 15 is 0 Å². The summed E-state index contributed by atoms with van der Waals surface area (Å²) in [7, 11) is 1.54. The summed E-state index contributed by atoms with van der Waals surface area (Å²) in [5.41, 5.74) is 1.99. The molecule has 9 nitrogen and oxygen atoms in total. The van der Waals surface area contributed by atoms with Crippen molar-refractivity contribution in [2.45, 2.75) is 49.7 Å². The third-order valence-electron chi connectivity index (χ3n) is 7.31. The molecule has 1 amide bonds. The molecule has 4 aromatic rings. The van der Waals surface area contributed by atoms with Crippen molar-refractivity contribution >= 4 is 45.7 Å². The van der Waals surface area contributed by atoms with E-state index in [0.717, 1.165) is 18.4 Å². The van der Waals surface area contributed by atoms with Gasteiger partial charge >= 0.3 is 5.91 Å². The molecule has 0 spiro atoms. The highest BCUT2D eigenvalue weighted by Gasteiger charge is 2.48. The second kappa shape index (κ2) is 15.3. The standard InChI is InChI=1S/C35H37N3O6S2/c1-5-18-43-26-14-11-24(12-15-26)31(39)29-30(25-13-16-27(28(20-25)42-4)44-19-17-22(2)3)38(33(41)32(29)40)34-36-37-35(46-34)45-21-23-9-7-6-8-10-23/h6-16,20,22,30,39H,5,17-19,21H2,1-4H3/b31-29+. The van der Waals surface area contributed by atoms with E-state index < -0.39 is 17.7 Å². The summed E-state index contributed by atoms with van der Waals surface area (Å²) < 4.78 is 18.0. The highest BCUT2D eigenvalue weighted by atomic mass is 32.2. The first-order chi connectivity index (χ1) is 22.3. The first kappa shape index (κ1) is 33.0. The predicted octanol–water partition coefficient (Wildman–Crippen LogP) is 7.68. The van der Waals surface area contributed by atoms with E-state index in [9.17, 15) is 14.7 Å². The summed E-state index contributed by atoms with van der Waals surface area (Å²) >= 11 is 2.71. The SMILES string of the molecule is CCCOc1ccc(/C(O)=C2\C(=O)C(=O)N(c3nnc(SCc4ccccc4)s3)C2c2ccc(OCCC(C)C)c(OC)c2)cc1. The molecule has 1 N–H and O–H groups in total. The highest BCUT2D eigenvalue weighted by molar-refractivity contribution is 8.00. The van der Waals surface area contributed by atoms with Crippen LogP contribution in [0.3, 0.4) is 0 Å². The van der Waals surface area contributed by atoms with Gasteiger partial charge in [-0.3, -0.25) is 14.5 Å². The van der Waals surface area contributed by atoms with Gasteiger partial charge in [-0.05, 0) is 66.3 Å². The third kappa shape index (κ3) is 7.54. The van der Waals surface area contributed by atoms with Gasteiger partial charge in [0, 0.05) is 11.3 Å². The van der Waals surface area contributed by atoms with Crippen LogP contribution >= 0.6 is 23.1 Å². The number of Topliss-reactive ketones (excluding diaryl/α,β-unsaturated/α-hetero) is 1. The Labute approximate surface area is 277 Å². The van der Waals surface area contributed by atoms with Crippen LogP contribution in [0.5, 0.6) is 17.2 Å². The minimum Gasteiger partial charge on any atom is -0.507 e. The summed E-state index contributed by atoms with van der Waals surface area (Å²) in [5.74, 6) is 0.850. The molecule has 1 atom stereocenters. The number of hydrogen-bond acceptors (Lipinski definition) is 10. The van der Waals surface area contributed by atoms with Gasteiger partial charge in [0.2, 0.25) is 5.13 Å². The monoisotopic (exact) mass is 659 g/mol. The lowest BCUT2D eigenvalue weighted by Gasteiger charge is -2.23. The number of amides is 1. The molecule has 0 bridgehead atoms. The smallest absolute Gasteiger partial charge is 0.301 e. The molecule has 0 saturated carbocycles. The van der Waals surface area contributed by atoms with Crippen LogP contribution in [0.2, 0.25) is 0 Å². The van der Waals surface area contributed by atoms with Gasteiger partial charge < -0.3 is 19.3 Å². The highest BCUT2D eigenvalue weighted by Crippen LogP contribution is 2.45. The van der Waals surface area contributed by atoms with Crippen molar-refractivity contribution in [3.8, 4) is 17.2 Å². The largest absolute Gasteiger partial charge is 0.507 e. The van der Waals surface area contributed by atoms with E-state index in [-0.39, 0.29) is 16.5 Å². The number of benzene rings is 3. The lowest BCUT2D eigenvalue weighted by Crippen LogP contribution is -2.29. The quantitative estimate of drug-likeness (QED) is 0.0479. The Morgan fingerprint density at radius 1 is 0.978 bits per heavy atom. The van der Waals surface area contributed by atoms with E-state index in [0.29, 0.717) is 57.6 Å². The van der Waals surface area contributed by atoms with E-state index in [2.05, 4.69) is 24.0 Å². The number of anilines is 1. The Balaban J connectivity index is 1.54. The Morgan fingerprint density at radius 3 is 2.43 bits per heavy atom. The van der Waals surface area contributed by atoms with Crippen molar-refractivity contribution in [1.82, 2.24) is 10.2 Å². The Hall–Kier alpha value is -4.35. The van der Waals surface area contributed by atoms with Gasteiger partial charge in [0.05, 0.1) is 31.9 Å². The van der Waals surface area contributed by atoms with Crippen molar-refractivity contribution in [3.63, 3.8) is 0 Å². The second-order valence-electron chi connectivity index (χ2n) is 11.1. The molecule has 240 valence electrons. The van der Waals surface area contributed by atoms with Gasteiger partial charge in [0.25, 0.3) is 5.78 Å². The third-order valence-corrected chi connectivity index (χ3v) is 9.44. The molecule has 2 heterocycles. The summed E-state index contributed by atoms with van der Waals surface area (Å²) in [6.07, 6.45) is 1.73. The lowest BCUT2D eigenvalue weighted by molar-refractivity contribution is -0.132. The topological polar surface area (TPSA) is 111 Å². The molecule has 11 heteroatoms. The van der Waals surface area contributed by atoms with E-state index in [4.69, 9.17) is 14.2 Å². The molecular formula is C35H37N3O6S2. The van der Waals surface area contributed by atoms with Crippen molar-refractivity contribution in [3.05, 3.63) is 95.1 Å². The number of methoxy groups -OCH3 is 1. The number of ketones is 1. The van der Waals surface area contributed by atoms with E-state index in [1.54, 1.807) is 42.5 Å². The number of aliphatic hydroxyl groups excluding tert-OH is 1. The van der Waals surface area contributed by atoms with Crippen LogP contribution in [0, 0.1) is 5.92 Å². The number of thioether (sulfide) groups is 1. The van der Waals surface area contributed by atoms with Gasteiger partial charge in [-0.25, -0.2) is 0 Å². The molecular weight excluding hydrogens is 623 g/mol. The number of aromatic nitrogens is 2. The van der Waals surface area contributed by atoms with E-state index in [1.807, 2.05) is 37.3 Å². The maximum Gasteiger partial charge on any atom is 0.301 e. The zero-order valence-electron chi connectivity index (χ0n) is 26.3. The zero-order valence-corrected chi connectivity index (χ0v) is 27.9. The molecule has 1 aliphatic heterocycles. The van der Waals surface area contributed by atoms with Crippen molar-refractivity contribution in [2.24, 2.45) is 5.92 Å². The van der Waals surface area contributed by atoms with Crippen LogP contribution in [-0.4, -0.2) is 47.3 Å². The van der Waals surface area contributed by atoms with Gasteiger partial charge in [-0.2, -0.15) is 0 Å². The van der Waals surface area contributed by atoms with Gasteiger partial charge in [0.1, 0.15) is 11.5 Å². The molecule has 0 aliphatic carbocycles. The summed E-state index contributed by atoms with van der Waals surface area (Å²) in [4.78, 5) is 28.7. The number of hydrogen-bond donors (Lipinski definition) is 1. The average Bonchev–Trinajstić information content (AvgIpc) is 3.64. The van der Waals surface area contributed by atoms with Crippen LogP contribution < -0.4 is 19.1 Å². The van der Waals surface area contributed by atoms with Crippen LogP contribution in [0.1, 0.15) is 56.3 Å². The first-order valence-corrected chi connectivity index (χ1v) is 17.0. The number of ether oxygens (including phenoxy) is 3. The summed E-state index contributed by atoms with van der Waals surface area (Å²) in [5, 5.41) is 20.5. The van der Waals surface area contributed by atoms with Crippen LogP contribution in [0.4, 0.5) is 5.13 Å². The van der Waals surface area contributed by atoms with Crippen molar-refractivity contribution in [2.75, 3.05) is 25.2 Å². The Kier molecular flexibility index (Phi) is 11.0. The number of rotatable bonds is 14. The lowest BCUT2D eigenvalue weighted by atomic mass is 9.95. The number of carbonyl (C=O) groups excluding carboxylic acids is 2. The molecule has 1 saturated heterocycles. The fourth-order valence-electron chi connectivity index (χ4n) is 4.89. The second-order valence-corrected chi connectivity index (χ2v) is 13.3. The molecule has 1 fully saturated rings. The van der Waals surface area contributed by atoms with Crippen LogP contribution in [0.25, 0.3) is 5.76 Å². The molecule has 1 unspecified atom stereocenters. The van der Waals surface area contributed by atoms with Crippen molar-refractivity contribution < 1.29 is 28.9 Å². The Morgan fingerprint density at radius 2 is 1.74 bits per heavy atom. The number of nitrogens with zero attached hydrogens (tertiary/aromatic N) is 3. The minimum atomic E-state index is -0.991. The number of carbonyl (C=O) groups is 2. The summed E-state index contributed by atoms with van der Waals surface area (Å²) in [6, 6.07) is 21.0. The summed E-state index contributed by atoms with van der Waals surface area (Å²) in [6.45, 7) is 7.33. The molecule has 1 aliphatic rings. The van der Waals surface area contributed by atoms with Gasteiger partial charge in [-0.1, -0.05) is 80.3 Å². The fourth-order valence-corrected chi connectivity index (χ4v) is 6.71. The van der Waals surface area contributed by atoms with Crippen LogP contribution in [-0.2, 0) is 15.3 Å². The normalized spacial score (nSPS) is 15.8. The first-order valence-electron chi connectivity index (χ1n) is 15.2.